The zero-order chi connectivity index (χ0) is 8.69. The molecule has 0 aliphatic rings. The Morgan fingerprint density at radius 3 is 2.45 bits per heavy atom. The first-order valence-electron chi connectivity index (χ1n) is 4.14. The van der Waals surface area contributed by atoms with Gasteiger partial charge in [0.1, 0.15) is 0 Å². The van der Waals surface area contributed by atoms with Crippen molar-refractivity contribution < 1.29 is 0 Å². The van der Waals surface area contributed by atoms with E-state index in [9.17, 15) is 0 Å². The standard InChI is InChI=1S/C11H18/c1-5-7-11(4)9-6-8-10(2)3/h6-8H,2,5,9H2,1,3-4H3/b8-6?,11-7+. The van der Waals surface area contributed by atoms with Crippen molar-refractivity contribution in [1.82, 2.24) is 0 Å². The zero-order valence-electron chi connectivity index (χ0n) is 7.85. The highest BCUT2D eigenvalue weighted by Gasteiger charge is 1.82. The molecule has 0 N–H and O–H groups in total. The van der Waals surface area contributed by atoms with Gasteiger partial charge in [0.05, 0.1) is 0 Å². The highest BCUT2D eigenvalue weighted by atomic mass is 13.9. The Balaban J connectivity index is 3.70. The topological polar surface area (TPSA) is 0 Å². The van der Waals surface area contributed by atoms with Crippen LogP contribution < -0.4 is 0 Å². The van der Waals surface area contributed by atoms with Crippen molar-refractivity contribution in [3.8, 4) is 0 Å². The highest BCUT2D eigenvalue weighted by Crippen LogP contribution is 2.03. The van der Waals surface area contributed by atoms with Crippen molar-refractivity contribution in [3.63, 3.8) is 0 Å². The first-order valence-corrected chi connectivity index (χ1v) is 4.14. The lowest BCUT2D eigenvalue weighted by Crippen LogP contribution is -1.72. The summed E-state index contributed by atoms with van der Waals surface area (Å²) in [5.74, 6) is 0. The van der Waals surface area contributed by atoms with Gasteiger partial charge < -0.3 is 0 Å². The first-order chi connectivity index (χ1) is 5.16. The Hall–Kier alpha value is -0.780. The van der Waals surface area contributed by atoms with Gasteiger partial charge in [-0.05, 0) is 26.7 Å². The molecule has 62 valence electrons. The van der Waals surface area contributed by atoms with Crippen molar-refractivity contribution in [2.75, 3.05) is 0 Å². The molecule has 0 heteroatoms. The van der Waals surface area contributed by atoms with Crippen molar-refractivity contribution in [2.24, 2.45) is 0 Å². The van der Waals surface area contributed by atoms with E-state index in [2.05, 4.69) is 38.7 Å². The summed E-state index contributed by atoms with van der Waals surface area (Å²) in [7, 11) is 0. The summed E-state index contributed by atoms with van der Waals surface area (Å²) in [6.45, 7) is 10.1. The van der Waals surface area contributed by atoms with Crippen LogP contribution in [-0.4, -0.2) is 0 Å². The summed E-state index contributed by atoms with van der Waals surface area (Å²) in [5.41, 5.74) is 2.55. The third-order valence-corrected chi connectivity index (χ3v) is 1.39. The summed E-state index contributed by atoms with van der Waals surface area (Å²) >= 11 is 0. The van der Waals surface area contributed by atoms with Crippen molar-refractivity contribution in [1.29, 1.82) is 0 Å². The lowest BCUT2D eigenvalue weighted by atomic mass is 10.1. The van der Waals surface area contributed by atoms with Gasteiger partial charge in [-0.3, -0.25) is 0 Å². The van der Waals surface area contributed by atoms with Gasteiger partial charge in [0, 0.05) is 0 Å². The molecule has 0 amide bonds. The molecule has 0 bridgehead atoms. The van der Waals surface area contributed by atoms with Gasteiger partial charge in [0.2, 0.25) is 0 Å². The number of allylic oxidation sites excluding steroid dienone is 5. The first kappa shape index (κ1) is 10.2. The fourth-order valence-corrected chi connectivity index (χ4v) is 0.878. The predicted molar refractivity (Wildman–Crippen MR) is 52.6 cm³/mol. The molecule has 0 aliphatic carbocycles. The predicted octanol–water partition coefficient (Wildman–Crippen LogP) is 3.87. The van der Waals surface area contributed by atoms with E-state index in [1.165, 1.54) is 5.57 Å². The SMILES string of the molecule is C=C(C)C=CC/C(C)=C/CC. The van der Waals surface area contributed by atoms with Crippen LogP contribution in [0.15, 0.2) is 36.0 Å². The largest absolute Gasteiger partial charge is 0.0961 e. The summed E-state index contributed by atoms with van der Waals surface area (Å²) in [6.07, 6.45) is 8.66. The fourth-order valence-electron chi connectivity index (χ4n) is 0.878. The quantitative estimate of drug-likeness (QED) is 0.421. The maximum absolute atomic E-state index is 3.79. The fraction of sp³-hybridized carbons (Fsp3) is 0.455. The number of hydrogen-bond acceptors (Lipinski definition) is 0. The molecule has 0 nitrogen and oxygen atoms in total. The van der Waals surface area contributed by atoms with Gasteiger partial charge >= 0.3 is 0 Å². The van der Waals surface area contributed by atoms with Crippen LogP contribution in [-0.2, 0) is 0 Å². The summed E-state index contributed by atoms with van der Waals surface area (Å²) in [5, 5.41) is 0. The lowest BCUT2D eigenvalue weighted by molar-refractivity contribution is 1.12. The maximum atomic E-state index is 3.79. The van der Waals surface area contributed by atoms with Gasteiger partial charge in [0.15, 0.2) is 0 Å². The molecule has 0 fully saturated rings. The van der Waals surface area contributed by atoms with E-state index in [0.29, 0.717) is 0 Å². The van der Waals surface area contributed by atoms with Gasteiger partial charge in [-0.15, -0.1) is 0 Å². The van der Waals surface area contributed by atoms with Crippen molar-refractivity contribution in [3.05, 3.63) is 36.0 Å². The summed E-state index contributed by atoms with van der Waals surface area (Å²) in [6, 6.07) is 0. The Morgan fingerprint density at radius 1 is 1.36 bits per heavy atom. The molecule has 0 aromatic carbocycles. The molecule has 0 radical (unpaired) electrons. The van der Waals surface area contributed by atoms with Gasteiger partial charge in [0.25, 0.3) is 0 Å². The second kappa shape index (κ2) is 5.96. The molecule has 0 aliphatic heterocycles. The summed E-state index contributed by atoms with van der Waals surface area (Å²) < 4.78 is 0. The zero-order valence-corrected chi connectivity index (χ0v) is 7.85. The molecule has 0 heterocycles. The van der Waals surface area contributed by atoms with Gasteiger partial charge in [-0.1, -0.05) is 42.9 Å². The lowest BCUT2D eigenvalue weighted by Gasteiger charge is -1.93. The van der Waals surface area contributed by atoms with Crippen LogP contribution in [0.1, 0.15) is 33.6 Å². The van der Waals surface area contributed by atoms with E-state index in [1.807, 2.05) is 6.92 Å². The Morgan fingerprint density at radius 2 is 2.00 bits per heavy atom. The minimum Gasteiger partial charge on any atom is -0.0961 e. The van der Waals surface area contributed by atoms with E-state index < -0.39 is 0 Å². The molecule has 11 heavy (non-hydrogen) atoms. The van der Waals surface area contributed by atoms with Crippen LogP contribution >= 0.6 is 0 Å². The van der Waals surface area contributed by atoms with Crippen molar-refractivity contribution in [2.45, 2.75) is 33.6 Å². The second-order valence-corrected chi connectivity index (χ2v) is 2.91. The Bertz CT molecular complexity index is 170. The third kappa shape index (κ3) is 7.11. The van der Waals surface area contributed by atoms with E-state index in [1.54, 1.807) is 0 Å². The second-order valence-electron chi connectivity index (χ2n) is 2.91. The molecule has 0 rings (SSSR count). The third-order valence-electron chi connectivity index (χ3n) is 1.39. The Labute approximate surface area is 70.3 Å². The highest BCUT2D eigenvalue weighted by molar-refractivity contribution is 5.14. The minimum absolute atomic E-state index is 1.06. The molecule has 0 aromatic heterocycles. The average molecular weight is 150 g/mol. The van der Waals surface area contributed by atoms with Gasteiger partial charge in [-0.25, -0.2) is 0 Å². The smallest absolute Gasteiger partial charge is 0.0138 e. The maximum Gasteiger partial charge on any atom is -0.0138 e. The van der Waals surface area contributed by atoms with Crippen LogP contribution in [0.5, 0.6) is 0 Å². The molecular formula is C11H18. The molecular weight excluding hydrogens is 132 g/mol. The van der Waals surface area contributed by atoms with Crippen LogP contribution in [0.2, 0.25) is 0 Å². The number of rotatable bonds is 4. The molecule has 0 saturated carbocycles. The molecule has 0 saturated heterocycles. The normalized spacial score (nSPS) is 12.5. The van der Waals surface area contributed by atoms with Gasteiger partial charge in [-0.2, -0.15) is 0 Å². The average Bonchev–Trinajstić information content (AvgIpc) is 1.87. The summed E-state index contributed by atoms with van der Waals surface area (Å²) in [4.78, 5) is 0. The van der Waals surface area contributed by atoms with Crippen molar-refractivity contribution >= 4 is 0 Å². The van der Waals surface area contributed by atoms with Crippen LogP contribution in [0.4, 0.5) is 0 Å². The van der Waals surface area contributed by atoms with Crippen LogP contribution in [0, 0.1) is 0 Å². The monoisotopic (exact) mass is 150 g/mol. The molecule has 0 spiro atoms. The van der Waals surface area contributed by atoms with Crippen LogP contribution in [0.3, 0.4) is 0 Å². The number of hydrogen-bond donors (Lipinski definition) is 0. The van der Waals surface area contributed by atoms with E-state index in [-0.39, 0.29) is 0 Å². The van der Waals surface area contributed by atoms with E-state index >= 15 is 0 Å². The van der Waals surface area contributed by atoms with E-state index in [0.717, 1.165) is 18.4 Å². The molecule has 0 aromatic rings. The molecule has 0 atom stereocenters. The Kier molecular flexibility index (Phi) is 5.54. The molecule has 0 unspecified atom stereocenters. The van der Waals surface area contributed by atoms with E-state index in [4.69, 9.17) is 0 Å². The van der Waals surface area contributed by atoms with Crippen LogP contribution in [0.25, 0.3) is 0 Å². The minimum atomic E-state index is 1.06.